The zero-order valence-corrected chi connectivity index (χ0v) is 20.4. The highest BCUT2D eigenvalue weighted by Crippen LogP contribution is 2.27. The third-order valence-electron chi connectivity index (χ3n) is 6.79. The molecule has 1 saturated carbocycles. The second-order valence-electron chi connectivity index (χ2n) is 9.50. The first-order valence-electron chi connectivity index (χ1n) is 12.8. The summed E-state index contributed by atoms with van der Waals surface area (Å²) in [5.74, 6) is 0.701. The summed E-state index contributed by atoms with van der Waals surface area (Å²) in [6.45, 7) is 2.64. The van der Waals surface area contributed by atoms with Crippen molar-refractivity contribution in [2.45, 2.75) is 77.7 Å². The molecule has 2 heterocycles. The summed E-state index contributed by atoms with van der Waals surface area (Å²) in [4.78, 5) is 33.7. The molecule has 0 saturated heterocycles. The Hall–Kier alpha value is -3.35. The Bertz CT molecular complexity index is 1150. The van der Waals surface area contributed by atoms with Gasteiger partial charge in [0.1, 0.15) is 5.82 Å². The summed E-state index contributed by atoms with van der Waals surface area (Å²) < 4.78 is 1.84. The maximum absolute atomic E-state index is 13.0. The first-order valence-corrected chi connectivity index (χ1v) is 12.8. The number of carbonyl (C=O) groups is 2. The topological polar surface area (TPSA) is 98.0 Å². The third-order valence-corrected chi connectivity index (χ3v) is 6.79. The summed E-state index contributed by atoms with van der Waals surface area (Å²) in [6, 6.07) is 10.6. The van der Waals surface area contributed by atoms with Crippen LogP contribution in [0.2, 0.25) is 0 Å². The molecule has 3 aromatic rings. The number of aromatic carboxylic acids is 1. The molecule has 1 aliphatic carbocycles. The van der Waals surface area contributed by atoms with Crippen molar-refractivity contribution in [2.24, 2.45) is 5.92 Å². The molecule has 1 fully saturated rings. The fraction of sp³-hybridized carbons (Fsp3) is 0.464. The van der Waals surface area contributed by atoms with Crippen LogP contribution in [0.15, 0.2) is 42.6 Å². The molecule has 0 radical (unpaired) electrons. The van der Waals surface area contributed by atoms with Gasteiger partial charge in [-0.05, 0) is 30.0 Å². The van der Waals surface area contributed by atoms with Gasteiger partial charge < -0.3 is 5.11 Å². The molecule has 4 rings (SSSR count). The van der Waals surface area contributed by atoms with Gasteiger partial charge in [0.2, 0.25) is 11.6 Å². The molecule has 184 valence electrons. The summed E-state index contributed by atoms with van der Waals surface area (Å²) in [5.41, 5.74) is 2.35. The molecule has 1 N–H and O–H groups in total. The fourth-order valence-electron chi connectivity index (χ4n) is 4.83. The predicted molar refractivity (Wildman–Crippen MR) is 135 cm³/mol. The van der Waals surface area contributed by atoms with E-state index in [4.69, 9.17) is 0 Å². The van der Waals surface area contributed by atoms with Crippen LogP contribution in [-0.4, -0.2) is 36.6 Å². The summed E-state index contributed by atoms with van der Waals surface area (Å²) in [6.07, 6.45) is 12.2. The number of pyridine rings is 1. The van der Waals surface area contributed by atoms with Crippen LogP contribution in [0.25, 0.3) is 11.3 Å². The number of benzene rings is 1. The molecule has 0 spiro atoms. The molecule has 7 heteroatoms. The number of hydrogen-bond acceptors (Lipinski definition) is 5. The molecule has 1 aromatic carbocycles. The van der Waals surface area contributed by atoms with E-state index in [1.807, 2.05) is 16.8 Å². The van der Waals surface area contributed by atoms with Crippen LogP contribution < -0.4 is 0 Å². The monoisotopic (exact) mass is 474 g/mol. The van der Waals surface area contributed by atoms with Crippen LogP contribution >= 0.6 is 0 Å². The third kappa shape index (κ3) is 6.41. The number of carboxylic acids is 1. The van der Waals surface area contributed by atoms with E-state index in [0.29, 0.717) is 36.0 Å². The average molecular weight is 475 g/mol. The minimum atomic E-state index is -0.976. The Morgan fingerprint density at radius 1 is 1.06 bits per heavy atom. The highest BCUT2D eigenvalue weighted by Gasteiger charge is 2.22. The maximum Gasteiger partial charge on any atom is 0.336 e. The molecular formula is C28H34N4O3. The lowest BCUT2D eigenvalue weighted by atomic mass is 9.86. The zero-order chi connectivity index (χ0) is 24.6. The highest BCUT2D eigenvalue weighted by atomic mass is 16.4. The minimum absolute atomic E-state index is 0.0474. The number of rotatable bonds is 11. The largest absolute Gasteiger partial charge is 0.478 e. The number of Topliss-reactive ketones (excluding diaryl/α,β-unsaturated/α-hetero) is 1. The lowest BCUT2D eigenvalue weighted by Crippen LogP contribution is -2.13. The van der Waals surface area contributed by atoms with Crippen molar-refractivity contribution in [3.05, 3.63) is 65.4 Å². The van der Waals surface area contributed by atoms with Crippen LogP contribution in [0.5, 0.6) is 0 Å². The van der Waals surface area contributed by atoms with Gasteiger partial charge in [0.05, 0.1) is 17.8 Å². The van der Waals surface area contributed by atoms with Crippen molar-refractivity contribution in [2.75, 3.05) is 0 Å². The number of carboxylic acid groups (broad SMARTS) is 1. The number of unbranched alkanes of at least 4 members (excludes halogenated alkanes) is 2. The predicted octanol–water partition coefficient (Wildman–Crippen LogP) is 5.97. The first kappa shape index (κ1) is 24.8. The number of aryl methyl sites for hydroxylation is 1. The van der Waals surface area contributed by atoms with E-state index in [1.165, 1.54) is 19.3 Å². The van der Waals surface area contributed by atoms with E-state index in [1.54, 1.807) is 30.5 Å². The van der Waals surface area contributed by atoms with Gasteiger partial charge in [-0.1, -0.05) is 76.1 Å². The Balaban J connectivity index is 1.52. The Morgan fingerprint density at radius 2 is 1.86 bits per heavy atom. The van der Waals surface area contributed by atoms with Crippen molar-refractivity contribution in [1.29, 1.82) is 0 Å². The summed E-state index contributed by atoms with van der Waals surface area (Å²) >= 11 is 0. The van der Waals surface area contributed by atoms with Gasteiger partial charge in [0, 0.05) is 24.6 Å². The molecular weight excluding hydrogens is 440 g/mol. The van der Waals surface area contributed by atoms with E-state index in [0.717, 1.165) is 49.9 Å². The molecule has 2 aromatic heterocycles. The van der Waals surface area contributed by atoms with Gasteiger partial charge in [-0.15, -0.1) is 5.10 Å². The number of aromatic nitrogens is 4. The molecule has 0 aliphatic heterocycles. The second-order valence-corrected chi connectivity index (χ2v) is 9.50. The SMILES string of the molecule is CCCCCc1nc(C(=O)CC2CCCCC2)nn1Cc1ccc(-c2ccccc2C(=O)O)nc1. The van der Waals surface area contributed by atoms with Crippen LogP contribution in [0.4, 0.5) is 0 Å². The lowest BCUT2D eigenvalue weighted by molar-refractivity contribution is 0.0697. The molecule has 0 amide bonds. The highest BCUT2D eigenvalue weighted by molar-refractivity contribution is 5.95. The average Bonchev–Trinajstić information content (AvgIpc) is 3.28. The summed E-state index contributed by atoms with van der Waals surface area (Å²) in [5, 5.41) is 14.1. The minimum Gasteiger partial charge on any atom is -0.478 e. The molecule has 0 bridgehead atoms. The fourth-order valence-corrected chi connectivity index (χ4v) is 4.83. The summed E-state index contributed by atoms with van der Waals surface area (Å²) in [7, 11) is 0. The standard InChI is InChI=1S/C28H34N4O3/c1-2-3-5-14-26-30-27(25(33)17-20-10-6-4-7-11-20)31-32(26)19-21-15-16-24(29-18-21)22-12-8-9-13-23(22)28(34)35/h8-9,12-13,15-16,18,20H,2-7,10-11,14,17,19H2,1H3,(H,34,35). The molecule has 0 unspecified atom stereocenters. The van der Waals surface area contributed by atoms with Gasteiger partial charge in [-0.3, -0.25) is 9.78 Å². The van der Waals surface area contributed by atoms with Gasteiger partial charge in [-0.2, -0.15) is 0 Å². The zero-order valence-electron chi connectivity index (χ0n) is 20.4. The van der Waals surface area contributed by atoms with Crippen LogP contribution in [0.3, 0.4) is 0 Å². The Morgan fingerprint density at radius 3 is 2.57 bits per heavy atom. The van der Waals surface area contributed by atoms with Crippen molar-refractivity contribution < 1.29 is 14.7 Å². The van der Waals surface area contributed by atoms with E-state index < -0.39 is 5.97 Å². The molecule has 1 aliphatic rings. The quantitative estimate of drug-likeness (QED) is 0.271. The first-order chi connectivity index (χ1) is 17.0. The Labute approximate surface area is 206 Å². The lowest BCUT2D eigenvalue weighted by Gasteiger charge is -2.19. The number of nitrogens with zero attached hydrogens (tertiary/aromatic N) is 4. The van der Waals surface area contributed by atoms with Crippen LogP contribution in [0.1, 0.15) is 97.1 Å². The van der Waals surface area contributed by atoms with Gasteiger partial charge in [-0.25, -0.2) is 14.5 Å². The smallest absolute Gasteiger partial charge is 0.336 e. The van der Waals surface area contributed by atoms with Crippen molar-refractivity contribution in [3.63, 3.8) is 0 Å². The van der Waals surface area contributed by atoms with E-state index in [-0.39, 0.29) is 11.3 Å². The molecule has 35 heavy (non-hydrogen) atoms. The number of hydrogen-bond donors (Lipinski definition) is 1. The number of carbonyl (C=O) groups excluding carboxylic acids is 1. The number of ketones is 1. The van der Waals surface area contributed by atoms with E-state index >= 15 is 0 Å². The van der Waals surface area contributed by atoms with Crippen LogP contribution in [-0.2, 0) is 13.0 Å². The van der Waals surface area contributed by atoms with E-state index in [9.17, 15) is 14.7 Å². The normalized spacial score (nSPS) is 14.2. The van der Waals surface area contributed by atoms with E-state index in [2.05, 4.69) is 22.0 Å². The van der Waals surface area contributed by atoms with Gasteiger partial charge in [0.25, 0.3) is 0 Å². The van der Waals surface area contributed by atoms with Crippen molar-refractivity contribution in [1.82, 2.24) is 19.7 Å². The van der Waals surface area contributed by atoms with Crippen molar-refractivity contribution in [3.8, 4) is 11.3 Å². The molecule has 0 atom stereocenters. The Kier molecular flexibility index (Phi) is 8.40. The van der Waals surface area contributed by atoms with Gasteiger partial charge in [0.15, 0.2) is 0 Å². The van der Waals surface area contributed by atoms with Crippen molar-refractivity contribution >= 4 is 11.8 Å². The van der Waals surface area contributed by atoms with Crippen LogP contribution in [0, 0.1) is 5.92 Å². The maximum atomic E-state index is 13.0. The van der Waals surface area contributed by atoms with Gasteiger partial charge >= 0.3 is 5.97 Å². The molecule has 7 nitrogen and oxygen atoms in total. The second kappa shape index (κ2) is 11.9.